The summed E-state index contributed by atoms with van der Waals surface area (Å²) in [6, 6.07) is 1.80. The number of hydrogen-bond acceptors (Lipinski definition) is 3. The molecule has 1 amide bonds. The quantitative estimate of drug-likeness (QED) is 0.470. The van der Waals surface area contributed by atoms with E-state index in [1.165, 1.54) is 17.4 Å². The van der Waals surface area contributed by atoms with E-state index in [1.807, 2.05) is 0 Å². The first-order valence-electron chi connectivity index (χ1n) is 2.92. The number of isocyanates is 1. The number of nitrogens with zero attached hydrogens (tertiary/aromatic N) is 1. The maximum Gasteiger partial charge on any atom is 0.298 e. The minimum atomic E-state index is -0.507. The monoisotopic (exact) mass is 167 g/mol. The van der Waals surface area contributed by atoms with Crippen LogP contribution >= 0.6 is 11.3 Å². The van der Waals surface area contributed by atoms with E-state index in [0.29, 0.717) is 4.88 Å². The molecule has 56 valence electrons. The predicted octanol–water partition coefficient (Wildman–Crippen LogP) is 1.53. The van der Waals surface area contributed by atoms with Gasteiger partial charge in [0.1, 0.15) is 0 Å². The standard InChI is InChI=1S/C7H5NO2S/c1-5-2-3-11-6(5)7(10)8-4-9/h2-3H,1H3. The lowest BCUT2D eigenvalue weighted by molar-refractivity contribution is 0.101. The summed E-state index contributed by atoms with van der Waals surface area (Å²) in [5, 5.41) is 1.78. The summed E-state index contributed by atoms with van der Waals surface area (Å²) in [7, 11) is 0. The van der Waals surface area contributed by atoms with Crippen molar-refractivity contribution in [1.82, 2.24) is 0 Å². The lowest BCUT2D eigenvalue weighted by Crippen LogP contribution is -1.91. The molecule has 11 heavy (non-hydrogen) atoms. The molecular formula is C7H5NO2S. The highest BCUT2D eigenvalue weighted by atomic mass is 32.1. The van der Waals surface area contributed by atoms with Gasteiger partial charge in [-0.15, -0.1) is 16.3 Å². The summed E-state index contributed by atoms with van der Waals surface area (Å²) in [6.45, 7) is 1.80. The van der Waals surface area contributed by atoms with Crippen molar-refractivity contribution in [3.8, 4) is 0 Å². The Balaban J connectivity index is 3.02. The van der Waals surface area contributed by atoms with Crippen molar-refractivity contribution in [2.45, 2.75) is 6.92 Å². The molecule has 0 aromatic carbocycles. The molecule has 3 nitrogen and oxygen atoms in total. The lowest BCUT2D eigenvalue weighted by atomic mass is 10.3. The molecule has 0 aliphatic carbocycles. The van der Waals surface area contributed by atoms with Gasteiger partial charge in [0.15, 0.2) is 0 Å². The van der Waals surface area contributed by atoms with Gasteiger partial charge in [-0.05, 0) is 23.9 Å². The van der Waals surface area contributed by atoms with Crippen LogP contribution in [0.15, 0.2) is 16.4 Å². The average molecular weight is 167 g/mol. The van der Waals surface area contributed by atoms with Crippen LogP contribution in [-0.4, -0.2) is 12.0 Å². The molecule has 1 heterocycles. The van der Waals surface area contributed by atoms with E-state index >= 15 is 0 Å². The molecule has 0 atom stereocenters. The molecule has 0 saturated heterocycles. The minimum Gasteiger partial charge on any atom is -0.265 e. The molecule has 0 aliphatic rings. The molecule has 0 bridgehead atoms. The molecule has 4 heteroatoms. The van der Waals surface area contributed by atoms with E-state index < -0.39 is 5.91 Å². The molecule has 0 fully saturated rings. The van der Waals surface area contributed by atoms with E-state index in [9.17, 15) is 9.59 Å². The number of aliphatic imine (C=N–C) groups is 1. The van der Waals surface area contributed by atoms with Crippen LogP contribution in [0.2, 0.25) is 0 Å². The number of rotatable bonds is 1. The Labute approximate surface area is 67.4 Å². The van der Waals surface area contributed by atoms with E-state index in [2.05, 4.69) is 4.99 Å². The second-order valence-corrected chi connectivity index (χ2v) is 2.86. The highest BCUT2D eigenvalue weighted by Gasteiger charge is 2.07. The molecule has 1 rings (SSSR count). The molecule has 0 radical (unpaired) electrons. The van der Waals surface area contributed by atoms with E-state index in [0.717, 1.165) is 5.56 Å². The number of amides is 1. The Bertz CT molecular complexity index is 323. The lowest BCUT2D eigenvalue weighted by Gasteiger charge is -1.87. The fourth-order valence-electron chi connectivity index (χ4n) is 0.684. The highest BCUT2D eigenvalue weighted by molar-refractivity contribution is 7.12. The van der Waals surface area contributed by atoms with Crippen molar-refractivity contribution in [2.75, 3.05) is 0 Å². The summed E-state index contributed by atoms with van der Waals surface area (Å²) < 4.78 is 0. The van der Waals surface area contributed by atoms with Gasteiger partial charge in [-0.1, -0.05) is 0 Å². The van der Waals surface area contributed by atoms with Gasteiger partial charge in [0, 0.05) is 0 Å². The number of aryl methyl sites for hydroxylation is 1. The van der Waals surface area contributed by atoms with Crippen LogP contribution in [0.3, 0.4) is 0 Å². The van der Waals surface area contributed by atoms with Crippen LogP contribution in [0.25, 0.3) is 0 Å². The first kappa shape index (κ1) is 7.85. The highest BCUT2D eigenvalue weighted by Crippen LogP contribution is 2.15. The Morgan fingerprint density at radius 2 is 2.45 bits per heavy atom. The summed E-state index contributed by atoms with van der Waals surface area (Å²) in [5.74, 6) is -0.507. The molecule has 0 saturated carbocycles. The molecule has 0 aliphatic heterocycles. The second-order valence-electron chi connectivity index (χ2n) is 1.94. The van der Waals surface area contributed by atoms with Gasteiger partial charge in [-0.25, -0.2) is 4.79 Å². The average Bonchev–Trinajstić information content (AvgIpc) is 2.36. The molecular weight excluding hydrogens is 162 g/mol. The smallest absolute Gasteiger partial charge is 0.265 e. The third-order valence-corrected chi connectivity index (χ3v) is 2.21. The van der Waals surface area contributed by atoms with Crippen LogP contribution in [0.4, 0.5) is 0 Å². The number of carbonyl (C=O) groups is 1. The van der Waals surface area contributed by atoms with Crippen molar-refractivity contribution in [3.63, 3.8) is 0 Å². The zero-order chi connectivity index (χ0) is 8.27. The van der Waals surface area contributed by atoms with Crippen LogP contribution in [0.5, 0.6) is 0 Å². The summed E-state index contributed by atoms with van der Waals surface area (Å²) in [4.78, 5) is 24.1. The maximum atomic E-state index is 10.9. The minimum absolute atomic E-state index is 0.507. The van der Waals surface area contributed by atoms with E-state index in [-0.39, 0.29) is 0 Å². The molecule has 0 unspecified atom stereocenters. The van der Waals surface area contributed by atoms with E-state index in [1.54, 1.807) is 18.4 Å². The number of carbonyl (C=O) groups excluding carboxylic acids is 2. The first-order chi connectivity index (χ1) is 5.25. The van der Waals surface area contributed by atoms with Gasteiger partial charge < -0.3 is 0 Å². The second kappa shape index (κ2) is 3.23. The maximum absolute atomic E-state index is 10.9. The van der Waals surface area contributed by atoms with Crippen molar-refractivity contribution in [2.24, 2.45) is 4.99 Å². The van der Waals surface area contributed by atoms with Gasteiger partial charge >= 0.3 is 0 Å². The van der Waals surface area contributed by atoms with Gasteiger partial charge in [-0.3, -0.25) is 4.79 Å². The third kappa shape index (κ3) is 1.61. The third-order valence-electron chi connectivity index (χ3n) is 1.20. The van der Waals surface area contributed by atoms with Crippen molar-refractivity contribution >= 4 is 23.3 Å². The zero-order valence-electron chi connectivity index (χ0n) is 5.83. The fourth-order valence-corrected chi connectivity index (χ4v) is 1.49. The normalized spacial score (nSPS) is 8.82. The van der Waals surface area contributed by atoms with Gasteiger partial charge in [0.25, 0.3) is 5.91 Å². The molecule has 1 aromatic heterocycles. The summed E-state index contributed by atoms with van der Waals surface area (Å²) in [5.41, 5.74) is 0.846. The number of hydrogen-bond donors (Lipinski definition) is 0. The van der Waals surface area contributed by atoms with Gasteiger partial charge in [0.2, 0.25) is 6.08 Å². The molecule has 0 spiro atoms. The first-order valence-corrected chi connectivity index (χ1v) is 3.80. The van der Waals surface area contributed by atoms with Crippen molar-refractivity contribution in [3.05, 3.63) is 21.9 Å². The topological polar surface area (TPSA) is 46.5 Å². The summed E-state index contributed by atoms with van der Waals surface area (Å²) in [6.07, 6.45) is 1.22. The van der Waals surface area contributed by atoms with Crippen LogP contribution in [-0.2, 0) is 4.79 Å². The van der Waals surface area contributed by atoms with Crippen LogP contribution in [0, 0.1) is 6.92 Å². The fraction of sp³-hybridized carbons (Fsp3) is 0.143. The molecule has 0 N–H and O–H groups in total. The van der Waals surface area contributed by atoms with Crippen LogP contribution in [0.1, 0.15) is 15.2 Å². The zero-order valence-corrected chi connectivity index (χ0v) is 6.64. The van der Waals surface area contributed by atoms with Crippen LogP contribution < -0.4 is 0 Å². The largest absolute Gasteiger partial charge is 0.298 e. The van der Waals surface area contributed by atoms with Crippen molar-refractivity contribution in [1.29, 1.82) is 0 Å². The predicted molar refractivity (Wildman–Crippen MR) is 41.5 cm³/mol. The van der Waals surface area contributed by atoms with Gasteiger partial charge in [0.05, 0.1) is 4.88 Å². The molecule has 1 aromatic rings. The Kier molecular flexibility index (Phi) is 2.31. The van der Waals surface area contributed by atoms with Crippen molar-refractivity contribution < 1.29 is 9.59 Å². The van der Waals surface area contributed by atoms with Gasteiger partial charge in [-0.2, -0.15) is 0 Å². The number of thiophene rings is 1. The Morgan fingerprint density at radius 3 is 2.91 bits per heavy atom. The Hall–Kier alpha value is -1.25. The van der Waals surface area contributed by atoms with E-state index in [4.69, 9.17) is 0 Å². The Morgan fingerprint density at radius 1 is 1.73 bits per heavy atom. The summed E-state index contributed by atoms with van der Waals surface area (Å²) >= 11 is 1.28. The SMILES string of the molecule is Cc1ccsc1C(=O)N=C=O.